The summed E-state index contributed by atoms with van der Waals surface area (Å²) in [5.74, 6) is 0.707. The van der Waals surface area contributed by atoms with Crippen LogP contribution in [0.15, 0.2) is 54.6 Å². The molecule has 0 saturated carbocycles. The summed E-state index contributed by atoms with van der Waals surface area (Å²) in [7, 11) is 0. The highest BCUT2D eigenvalue weighted by Gasteiger charge is 2.28. The Balaban J connectivity index is 0.000000659. The average molecular weight is 362 g/mol. The van der Waals surface area contributed by atoms with Crippen molar-refractivity contribution in [2.24, 2.45) is 0 Å². The number of fused-ring (bicyclic) bond motifs is 2. The normalized spacial score (nSPS) is 12.4. The summed E-state index contributed by atoms with van der Waals surface area (Å²) < 4.78 is 0. The van der Waals surface area contributed by atoms with Crippen molar-refractivity contribution in [2.45, 2.75) is 26.2 Å². The molecule has 3 N–H and O–H groups in total. The van der Waals surface area contributed by atoms with E-state index in [2.05, 4.69) is 32.0 Å². The third kappa shape index (κ3) is 3.65. The van der Waals surface area contributed by atoms with Crippen LogP contribution in [0.4, 0.5) is 0 Å². The van der Waals surface area contributed by atoms with Crippen LogP contribution in [-0.2, 0) is 11.2 Å². The molecule has 0 bridgehead atoms. The molecular formula is C23H22O4. The van der Waals surface area contributed by atoms with Crippen molar-refractivity contribution in [2.75, 3.05) is 0 Å². The largest absolute Gasteiger partial charge is 0.508 e. The molecule has 4 heteroatoms. The molecule has 3 aromatic rings. The Morgan fingerprint density at radius 3 is 1.78 bits per heavy atom. The Labute approximate surface area is 158 Å². The van der Waals surface area contributed by atoms with Gasteiger partial charge in [0.25, 0.3) is 6.47 Å². The van der Waals surface area contributed by atoms with E-state index in [0.29, 0.717) is 0 Å². The van der Waals surface area contributed by atoms with Crippen LogP contribution in [-0.4, -0.2) is 21.8 Å². The summed E-state index contributed by atoms with van der Waals surface area (Å²) in [5.41, 5.74) is 8.51. The quantitative estimate of drug-likeness (QED) is 0.436. The minimum Gasteiger partial charge on any atom is -0.508 e. The van der Waals surface area contributed by atoms with Gasteiger partial charge in [-0.1, -0.05) is 35.9 Å². The Kier molecular flexibility index (Phi) is 5.17. The van der Waals surface area contributed by atoms with Gasteiger partial charge in [-0.3, -0.25) is 4.79 Å². The van der Waals surface area contributed by atoms with Crippen molar-refractivity contribution < 1.29 is 20.1 Å². The predicted octanol–water partition coefficient (Wildman–Crippen LogP) is 4.50. The maximum Gasteiger partial charge on any atom is 0.290 e. The van der Waals surface area contributed by atoms with Crippen LogP contribution in [0.2, 0.25) is 0 Å². The molecule has 0 heterocycles. The van der Waals surface area contributed by atoms with Gasteiger partial charge < -0.3 is 15.3 Å². The van der Waals surface area contributed by atoms with E-state index < -0.39 is 0 Å². The molecule has 0 amide bonds. The summed E-state index contributed by atoms with van der Waals surface area (Å²) in [6.45, 7) is 4.01. The molecule has 0 saturated heterocycles. The Hall–Kier alpha value is -3.27. The van der Waals surface area contributed by atoms with Crippen molar-refractivity contribution in [1.29, 1.82) is 0 Å². The van der Waals surface area contributed by atoms with Gasteiger partial charge in [-0.15, -0.1) is 0 Å². The van der Waals surface area contributed by atoms with E-state index in [0.717, 1.165) is 17.5 Å². The van der Waals surface area contributed by atoms with Crippen molar-refractivity contribution >= 4 is 6.47 Å². The van der Waals surface area contributed by atoms with Crippen molar-refractivity contribution in [1.82, 2.24) is 0 Å². The molecule has 0 radical (unpaired) electrons. The number of hydrogen-bond acceptors (Lipinski definition) is 3. The summed E-state index contributed by atoms with van der Waals surface area (Å²) in [6.07, 6.45) is 0.731. The molecule has 138 valence electrons. The zero-order valence-electron chi connectivity index (χ0n) is 15.3. The Morgan fingerprint density at radius 2 is 1.30 bits per heavy atom. The second kappa shape index (κ2) is 7.54. The number of phenolic OH excluding ortho intramolecular Hbond substituents is 2. The van der Waals surface area contributed by atoms with Crippen molar-refractivity contribution in [3.63, 3.8) is 0 Å². The van der Waals surface area contributed by atoms with E-state index in [1.807, 2.05) is 24.3 Å². The SMILES string of the molecule is Cc1ccc(C2c3ccc(O)cc3Cc3cc(O)ccc32)c(C)c1.O=CO. The van der Waals surface area contributed by atoms with Crippen LogP contribution in [0.25, 0.3) is 0 Å². The van der Waals surface area contributed by atoms with E-state index in [1.54, 1.807) is 12.1 Å². The predicted molar refractivity (Wildman–Crippen MR) is 105 cm³/mol. The third-order valence-corrected chi connectivity index (χ3v) is 4.99. The monoisotopic (exact) mass is 362 g/mol. The third-order valence-electron chi connectivity index (χ3n) is 4.99. The number of rotatable bonds is 1. The number of carboxylic acid groups (broad SMARTS) is 1. The van der Waals surface area contributed by atoms with Crippen LogP contribution in [0, 0.1) is 13.8 Å². The second-order valence-corrected chi connectivity index (χ2v) is 6.84. The van der Waals surface area contributed by atoms with Crippen molar-refractivity contribution in [3.8, 4) is 11.5 Å². The zero-order chi connectivity index (χ0) is 19.6. The first kappa shape index (κ1) is 18.5. The first-order valence-corrected chi connectivity index (χ1v) is 8.73. The van der Waals surface area contributed by atoms with Gasteiger partial charge >= 0.3 is 0 Å². The van der Waals surface area contributed by atoms with E-state index >= 15 is 0 Å². The topological polar surface area (TPSA) is 77.8 Å². The summed E-state index contributed by atoms with van der Waals surface area (Å²) in [5, 5.41) is 26.7. The lowest BCUT2D eigenvalue weighted by Gasteiger charge is -2.30. The van der Waals surface area contributed by atoms with E-state index in [1.165, 1.54) is 27.8 Å². The lowest BCUT2D eigenvalue weighted by molar-refractivity contribution is -0.122. The number of aromatic hydroxyl groups is 2. The number of aryl methyl sites for hydroxylation is 2. The fourth-order valence-corrected chi connectivity index (χ4v) is 3.91. The van der Waals surface area contributed by atoms with Gasteiger partial charge in [0, 0.05) is 5.92 Å². The average Bonchev–Trinajstić information content (AvgIpc) is 2.60. The van der Waals surface area contributed by atoms with E-state index in [9.17, 15) is 10.2 Å². The van der Waals surface area contributed by atoms with Crippen LogP contribution in [0.1, 0.15) is 44.9 Å². The maximum absolute atomic E-state index is 9.89. The number of phenols is 2. The molecule has 27 heavy (non-hydrogen) atoms. The molecular weight excluding hydrogens is 340 g/mol. The molecule has 0 aromatic heterocycles. The number of benzene rings is 3. The van der Waals surface area contributed by atoms with Gasteiger partial charge in [0.1, 0.15) is 11.5 Å². The minimum atomic E-state index is -0.250. The molecule has 1 aliphatic rings. The van der Waals surface area contributed by atoms with E-state index in [4.69, 9.17) is 9.90 Å². The van der Waals surface area contributed by atoms with E-state index in [-0.39, 0.29) is 23.9 Å². The van der Waals surface area contributed by atoms with Gasteiger partial charge in [-0.05, 0) is 77.9 Å². The molecule has 4 nitrogen and oxygen atoms in total. The van der Waals surface area contributed by atoms with Crippen LogP contribution in [0.5, 0.6) is 11.5 Å². The van der Waals surface area contributed by atoms with Gasteiger partial charge in [0.15, 0.2) is 0 Å². The number of hydrogen-bond donors (Lipinski definition) is 3. The van der Waals surface area contributed by atoms with Gasteiger partial charge in [-0.2, -0.15) is 0 Å². The highest BCUT2D eigenvalue weighted by atomic mass is 16.3. The molecule has 0 atom stereocenters. The molecule has 0 aliphatic heterocycles. The van der Waals surface area contributed by atoms with Gasteiger partial charge in [0.2, 0.25) is 0 Å². The molecule has 1 aliphatic carbocycles. The van der Waals surface area contributed by atoms with Gasteiger partial charge in [0.05, 0.1) is 0 Å². The number of carbonyl (C=O) groups is 1. The van der Waals surface area contributed by atoms with Crippen LogP contribution < -0.4 is 0 Å². The fourth-order valence-electron chi connectivity index (χ4n) is 3.91. The fraction of sp³-hybridized carbons (Fsp3) is 0.174. The lowest BCUT2D eigenvalue weighted by Crippen LogP contribution is -2.15. The first-order chi connectivity index (χ1) is 12.9. The molecule has 3 aromatic carbocycles. The second-order valence-electron chi connectivity index (χ2n) is 6.84. The van der Waals surface area contributed by atoms with Crippen LogP contribution >= 0.6 is 0 Å². The van der Waals surface area contributed by atoms with Crippen molar-refractivity contribution in [3.05, 3.63) is 93.5 Å². The smallest absolute Gasteiger partial charge is 0.290 e. The molecule has 0 unspecified atom stereocenters. The highest BCUT2D eigenvalue weighted by molar-refractivity contribution is 5.58. The summed E-state index contributed by atoms with van der Waals surface area (Å²) >= 11 is 0. The molecule has 4 rings (SSSR count). The maximum atomic E-state index is 9.89. The highest BCUT2D eigenvalue weighted by Crippen LogP contribution is 2.43. The Morgan fingerprint density at radius 1 is 0.815 bits per heavy atom. The molecule has 0 spiro atoms. The molecule has 0 fully saturated rings. The van der Waals surface area contributed by atoms with Crippen LogP contribution in [0.3, 0.4) is 0 Å². The minimum absolute atomic E-state index is 0.130. The zero-order valence-corrected chi connectivity index (χ0v) is 15.3. The lowest BCUT2D eigenvalue weighted by atomic mass is 9.73. The summed E-state index contributed by atoms with van der Waals surface area (Å²) in [4.78, 5) is 8.36. The summed E-state index contributed by atoms with van der Waals surface area (Å²) in [6, 6.07) is 17.9. The Bertz CT molecular complexity index is 925. The van der Waals surface area contributed by atoms with Gasteiger partial charge in [-0.25, -0.2) is 0 Å². The first-order valence-electron chi connectivity index (χ1n) is 8.73. The standard InChI is InChI=1S/C22H20O2.CH2O2/c1-13-3-6-19(14(2)9-13)22-20-7-4-17(23)11-15(20)10-16-12-18(24)5-8-21(16)22;2-1-3/h3-9,11-12,22-24H,10H2,1-2H3;1H,(H,2,3).